The molecule has 13 heavy (non-hydrogen) atoms. The molecule has 0 saturated heterocycles. The van der Waals surface area contributed by atoms with Crippen LogP contribution in [0.3, 0.4) is 0 Å². The van der Waals surface area contributed by atoms with E-state index < -0.39 is 10.0 Å². The minimum atomic E-state index is -3.37. The first kappa shape index (κ1) is 10.5. The molecule has 0 saturated carbocycles. The van der Waals surface area contributed by atoms with Crippen LogP contribution < -0.4 is 9.46 Å². The van der Waals surface area contributed by atoms with E-state index in [0.717, 1.165) is 11.3 Å². The molecule has 0 bridgehead atoms. The van der Waals surface area contributed by atoms with Crippen LogP contribution in [0.15, 0.2) is 15.7 Å². The second-order valence-electron chi connectivity index (χ2n) is 2.28. The Kier molecular flexibility index (Phi) is 3.29. The smallest absolute Gasteiger partial charge is 0.253 e. The second-order valence-corrected chi connectivity index (χ2v) is 5.16. The van der Waals surface area contributed by atoms with Crippen LogP contribution in [0.1, 0.15) is 6.92 Å². The normalized spacial score (nSPS) is 11.5. The van der Waals surface area contributed by atoms with Gasteiger partial charge in [0.25, 0.3) is 10.0 Å². The van der Waals surface area contributed by atoms with Crippen LogP contribution in [0.4, 0.5) is 0 Å². The highest BCUT2D eigenvalue weighted by atomic mass is 32.2. The van der Waals surface area contributed by atoms with Gasteiger partial charge in [-0.2, -0.15) is 0 Å². The summed E-state index contributed by atoms with van der Waals surface area (Å²) in [4.78, 5) is 0. The first-order valence-electron chi connectivity index (χ1n) is 3.73. The SMILES string of the molecule is CCNS(=O)(=O)c1sccc1OC. The van der Waals surface area contributed by atoms with Crippen LogP contribution in [0.2, 0.25) is 0 Å². The molecule has 0 unspecified atom stereocenters. The van der Waals surface area contributed by atoms with E-state index in [9.17, 15) is 8.42 Å². The fraction of sp³-hybridized carbons (Fsp3) is 0.429. The molecule has 1 heterocycles. The van der Waals surface area contributed by atoms with Crippen molar-refractivity contribution in [3.8, 4) is 5.75 Å². The number of rotatable bonds is 4. The van der Waals surface area contributed by atoms with E-state index in [1.807, 2.05) is 0 Å². The van der Waals surface area contributed by atoms with Crippen LogP contribution >= 0.6 is 11.3 Å². The zero-order valence-corrected chi connectivity index (χ0v) is 9.04. The number of methoxy groups -OCH3 is 1. The molecule has 0 aliphatic heterocycles. The summed E-state index contributed by atoms with van der Waals surface area (Å²) in [5.74, 6) is 0.394. The Morgan fingerprint density at radius 2 is 2.31 bits per heavy atom. The van der Waals surface area contributed by atoms with Gasteiger partial charge in [-0.15, -0.1) is 11.3 Å². The molecular formula is C7H11NO3S2. The zero-order valence-electron chi connectivity index (χ0n) is 7.40. The van der Waals surface area contributed by atoms with Crippen molar-refractivity contribution < 1.29 is 13.2 Å². The van der Waals surface area contributed by atoms with Crippen molar-refractivity contribution in [3.05, 3.63) is 11.4 Å². The zero-order chi connectivity index (χ0) is 9.90. The van der Waals surface area contributed by atoms with Crippen molar-refractivity contribution in [2.75, 3.05) is 13.7 Å². The predicted octanol–water partition coefficient (Wildman–Crippen LogP) is 1.05. The van der Waals surface area contributed by atoms with Crippen LogP contribution in [-0.2, 0) is 10.0 Å². The highest BCUT2D eigenvalue weighted by Gasteiger charge is 2.19. The lowest BCUT2D eigenvalue weighted by atomic mass is 10.6. The van der Waals surface area contributed by atoms with E-state index in [1.54, 1.807) is 18.4 Å². The van der Waals surface area contributed by atoms with Gasteiger partial charge >= 0.3 is 0 Å². The Morgan fingerprint density at radius 3 is 2.85 bits per heavy atom. The fourth-order valence-electron chi connectivity index (χ4n) is 0.886. The summed E-state index contributed by atoms with van der Waals surface area (Å²) in [6.07, 6.45) is 0. The lowest BCUT2D eigenvalue weighted by Gasteiger charge is -2.03. The maximum absolute atomic E-state index is 11.5. The quantitative estimate of drug-likeness (QED) is 0.827. The molecule has 0 atom stereocenters. The van der Waals surface area contributed by atoms with Gasteiger partial charge in [0.15, 0.2) is 4.21 Å². The van der Waals surface area contributed by atoms with Crippen molar-refractivity contribution in [3.63, 3.8) is 0 Å². The van der Waals surface area contributed by atoms with E-state index >= 15 is 0 Å². The molecule has 4 nitrogen and oxygen atoms in total. The molecule has 74 valence electrons. The fourth-order valence-corrected chi connectivity index (χ4v) is 3.25. The molecule has 1 aromatic heterocycles. The largest absolute Gasteiger partial charge is 0.494 e. The van der Waals surface area contributed by atoms with Gasteiger partial charge < -0.3 is 4.74 Å². The summed E-state index contributed by atoms with van der Waals surface area (Å²) < 4.78 is 30.5. The first-order chi connectivity index (χ1) is 6.11. The summed E-state index contributed by atoms with van der Waals surface area (Å²) in [5.41, 5.74) is 0. The van der Waals surface area contributed by atoms with E-state index in [2.05, 4.69) is 4.72 Å². The standard InChI is InChI=1S/C7H11NO3S2/c1-3-8-13(9,10)7-6(11-2)4-5-12-7/h4-5,8H,3H2,1-2H3. The third-order valence-electron chi connectivity index (χ3n) is 1.39. The lowest BCUT2D eigenvalue weighted by molar-refractivity contribution is 0.406. The van der Waals surface area contributed by atoms with Crippen LogP contribution in [0.25, 0.3) is 0 Å². The van der Waals surface area contributed by atoms with Crippen molar-refractivity contribution >= 4 is 21.4 Å². The Morgan fingerprint density at radius 1 is 1.62 bits per heavy atom. The van der Waals surface area contributed by atoms with Crippen molar-refractivity contribution in [2.24, 2.45) is 0 Å². The van der Waals surface area contributed by atoms with Gasteiger partial charge in [-0.3, -0.25) is 0 Å². The summed E-state index contributed by atoms with van der Waals surface area (Å²) in [6, 6.07) is 1.63. The minimum absolute atomic E-state index is 0.233. The van der Waals surface area contributed by atoms with Crippen LogP contribution in [0, 0.1) is 0 Å². The highest BCUT2D eigenvalue weighted by molar-refractivity contribution is 7.91. The van der Waals surface area contributed by atoms with Crippen LogP contribution in [-0.4, -0.2) is 22.1 Å². The molecule has 1 aromatic rings. The highest BCUT2D eigenvalue weighted by Crippen LogP contribution is 2.28. The molecule has 0 radical (unpaired) electrons. The van der Waals surface area contributed by atoms with Gasteiger partial charge in [0.05, 0.1) is 7.11 Å². The van der Waals surface area contributed by atoms with Crippen molar-refractivity contribution in [1.29, 1.82) is 0 Å². The number of ether oxygens (including phenoxy) is 1. The van der Waals surface area contributed by atoms with Crippen molar-refractivity contribution in [1.82, 2.24) is 4.72 Å². The van der Waals surface area contributed by atoms with Gasteiger partial charge in [0, 0.05) is 6.54 Å². The van der Waals surface area contributed by atoms with Crippen LogP contribution in [0.5, 0.6) is 5.75 Å². The lowest BCUT2D eigenvalue weighted by Crippen LogP contribution is -2.22. The number of hydrogen-bond donors (Lipinski definition) is 1. The average Bonchev–Trinajstić information content (AvgIpc) is 2.51. The summed E-state index contributed by atoms with van der Waals surface area (Å²) in [6.45, 7) is 2.11. The topological polar surface area (TPSA) is 55.4 Å². The Hall–Kier alpha value is -0.590. The maximum atomic E-state index is 11.5. The third kappa shape index (κ3) is 2.20. The summed E-state index contributed by atoms with van der Waals surface area (Å²) in [7, 11) is -1.91. The molecule has 1 rings (SSSR count). The summed E-state index contributed by atoms with van der Waals surface area (Å²) in [5, 5.41) is 1.68. The molecule has 0 fully saturated rings. The molecule has 0 aliphatic carbocycles. The minimum Gasteiger partial charge on any atom is -0.494 e. The Labute approximate surface area is 81.6 Å². The summed E-state index contributed by atoms with van der Waals surface area (Å²) >= 11 is 1.15. The van der Waals surface area contributed by atoms with Gasteiger partial charge in [0.2, 0.25) is 0 Å². The van der Waals surface area contributed by atoms with Gasteiger partial charge in [-0.25, -0.2) is 13.1 Å². The Bertz CT molecular complexity index is 369. The van der Waals surface area contributed by atoms with Gasteiger partial charge in [-0.1, -0.05) is 6.92 Å². The molecule has 0 amide bonds. The maximum Gasteiger partial charge on any atom is 0.253 e. The first-order valence-corrected chi connectivity index (χ1v) is 6.09. The van der Waals surface area contributed by atoms with Gasteiger partial charge in [-0.05, 0) is 11.4 Å². The van der Waals surface area contributed by atoms with E-state index in [0.29, 0.717) is 12.3 Å². The number of sulfonamides is 1. The monoisotopic (exact) mass is 221 g/mol. The van der Waals surface area contributed by atoms with Crippen molar-refractivity contribution in [2.45, 2.75) is 11.1 Å². The molecule has 0 spiro atoms. The number of thiophene rings is 1. The Balaban J connectivity index is 3.07. The van der Waals surface area contributed by atoms with E-state index in [4.69, 9.17) is 4.74 Å². The molecule has 6 heteroatoms. The second kappa shape index (κ2) is 4.08. The van der Waals surface area contributed by atoms with Gasteiger partial charge in [0.1, 0.15) is 5.75 Å². The average molecular weight is 221 g/mol. The molecule has 0 aliphatic rings. The number of hydrogen-bond acceptors (Lipinski definition) is 4. The van der Waals surface area contributed by atoms with E-state index in [1.165, 1.54) is 7.11 Å². The molecule has 1 N–H and O–H groups in total. The number of nitrogens with one attached hydrogen (secondary N) is 1. The molecular weight excluding hydrogens is 210 g/mol. The molecule has 0 aromatic carbocycles. The van der Waals surface area contributed by atoms with E-state index in [-0.39, 0.29) is 4.21 Å². The third-order valence-corrected chi connectivity index (χ3v) is 4.39. The predicted molar refractivity (Wildman–Crippen MR) is 51.7 cm³/mol.